The Bertz CT molecular complexity index is 2030. The number of nitrogens with one attached hydrogen (secondary N) is 1. The second-order valence-electron chi connectivity index (χ2n) is 11.6. The zero-order chi connectivity index (χ0) is 31.4. The van der Waals surface area contributed by atoms with E-state index in [1.165, 1.54) is 21.2 Å². The van der Waals surface area contributed by atoms with Crippen LogP contribution < -0.4 is 20.0 Å². The van der Waals surface area contributed by atoms with E-state index in [9.17, 15) is 19.2 Å². The molecule has 1 aromatic heterocycles. The fourth-order valence-corrected chi connectivity index (χ4v) is 8.93. The molecular formula is C35H30N4O4S2. The number of hydrogen-bond donors (Lipinski definition) is 1. The molecule has 5 aromatic rings. The van der Waals surface area contributed by atoms with Gasteiger partial charge in [-0.1, -0.05) is 83.3 Å². The summed E-state index contributed by atoms with van der Waals surface area (Å²) in [6.07, 6.45) is 0. The summed E-state index contributed by atoms with van der Waals surface area (Å²) in [4.78, 5) is 58.6. The monoisotopic (exact) mass is 634 g/mol. The summed E-state index contributed by atoms with van der Waals surface area (Å²) in [7, 11) is 3.90. The summed E-state index contributed by atoms with van der Waals surface area (Å²) in [6, 6.07) is 28.8. The van der Waals surface area contributed by atoms with Crippen LogP contribution in [0, 0.1) is 12.8 Å². The summed E-state index contributed by atoms with van der Waals surface area (Å²) in [5.74, 6) is -2.16. The van der Waals surface area contributed by atoms with Crippen LogP contribution in [-0.4, -0.2) is 41.6 Å². The molecule has 0 aliphatic carbocycles. The quantitative estimate of drug-likeness (QED) is 0.235. The van der Waals surface area contributed by atoms with Crippen LogP contribution in [0.4, 0.5) is 17.1 Å². The van der Waals surface area contributed by atoms with Crippen LogP contribution in [0.5, 0.6) is 0 Å². The molecule has 3 heterocycles. The summed E-state index contributed by atoms with van der Waals surface area (Å²) in [5.41, 5.74) is 4.03. The van der Waals surface area contributed by atoms with Gasteiger partial charge in [-0.25, -0.2) is 4.90 Å². The van der Waals surface area contributed by atoms with Gasteiger partial charge in [0.15, 0.2) is 0 Å². The van der Waals surface area contributed by atoms with Crippen molar-refractivity contribution in [3.05, 3.63) is 117 Å². The molecule has 226 valence electrons. The van der Waals surface area contributed by atoms with Crippen LogP contribution in [0.15, 0.2) is 101 Å². The van der Waals surface area contributed by atoms with Crippen LogP contribution in [0.2, 0.25) is 0 Å². The Kier molecular flexibility index (Phi) is 7.33. The van der Waals surface area contributed by atoms with Gasteiger partial charge in [0.25, 0.3) is 0 Å². The maximum absolute atomic E-state index is 14.1. The van der Waals surface area contributed by atoms with E-state index in [0.29, 0.717) is 21.3 Å². The molecule has 1 saturated heterocycles. The summed E-state index contributed by atoms with van der Waals surface area (Å²) in [6.45, 7) is 1.74. The van der Waals surface area contributed by atoms with Crippen LogP contribution in [0.3, 0.4) is 0 Å². The van der Waals surface area contributed by atoms with Crippen molar-refractivity contribution < 1.29 is 14.4 Å². The first-order chi connectivity index (χ1) is 21.7. The van der Waals surface area contributed by atoms with Gasteiger partial charge in [-0.2, -0.15) is 0 Å². The third-order valence-electron chi connectivity index (χ3n) is 8.44. The normalized spacial score (nSPS) is 19.0. The second kappa shape index (κ2) is 11.4. The fraction of sp³-hybridized carbons (Fsp3) is 0.200. The van der Waals surface area contributed by atoms with Crippen molar-refractivity contribution in [1.29, 1.82) is 0 Å². The van der Waals surface area contributed by atoms with Crippen LogP contribution >= 0.6 is 23.1 Å². The molecule has 1 fully saturated rings. The fourth-order valence-electron chi connectivity index (χ4n) is 6.15. The van der Waals surface area contributed by atoms with Gasteiger partial charge in [0.05, 0.1) is 16.6 Å². The van der Waals surface area contributed by atoms with Gasteiger partial charge in [-0.3, -0.25) is 23.7 Å². The standard InChI is InChI=1S/C35H30N4O4S2/c1-20-8-14-26(15-9-20)39-32(41)29-28(22-11-16-25(17-12-22)37(2)3)31-34(44-30(29)33(39)42)38(35(43)45-31)19-27(40)36-24-13-10-21-6-4-5-7-23(21)18-24/h4-18,28-30H,19H2,1-3H3,(H,36,40)/t28-,29-,30+/m0/s1. The zero-order valence-corrected chi connectivity index (χ0v) is 26.5. The Balaban J connectivity index is 1.26. The molecule has 3 atom stereocenters. The Morgan fingerprint density at radius 1 is 0.867 bits per heavy atom. The maximum Gasteiger partial charge on any atom is 0.308 e. The molecule has 4 aromatic carbocycles. The van der Waals surface area contributed by atoms with Gasteiger partial charge in [-0.15, -0.1) is 0 Å². The lowest BCUT2D eigenvalue weighted by Gasteiger charge is -2.31. The minimum atomic E-state index is -0.742. The first-order valence-electron chi connectivity index (χ1n) is 14.6. The van der Waals surface area contributed by atoms with Gasteiger partial charge >= 0.3 is 4.87 Å². The molecule has 8 nitrogen and oxygen atoms in total. The number of thioether (sulfide) groups is 1. The number of hydrogen-bond acceptors (Lipinski definition) is 7. The number of benzene rings is 4. The highest BCUT2D eigenvalue weighted by molar-refractivity contribution is 8.00. The number of aryl methyl sites for hydroxylation is 1. The summed E-state index contributed by atoms with van der Waals surface area (Å²) < 4.78 is 1.45. The Labute approximate surface area is 268 Å². The number of amides is 3. The molecule has 0 unspecified atom stereocenters. The van der Waals surface area contributed by atoms with Crippen LogP contribution in [-0.2, 0) is 20.9 Å². The third kappa shape index (κ3) is 5.13. The second-order valence-corrected chi connectivity index (χ2v) is 13.7. The predicted octanol–water partition coefficient (Wildman–Crippen LogP) is 5.87. The predicted molar refractivity (Wildman–Crippen MR) is 181 cm³/mol. The first-order valence-corrected chi connectivity index (χ1v) is 16.3. The molecule has 3 amide bonds. The SMILES string of the molecule is Cc1ccc(N2C(=O)[C@H]3[C@H](c4ccc(N(C)C)cc4)c4sc(=O)n(CC(=O)Nc5ccc6ccccc6c5)c4S[C@H]3C2=O)cc1. The van der Waals surface area contributed by atoms with Crippen LogP contribution in [0.25, 0.3) is 10.8 Å². The smallest absolute Gasteiger partial charge is 0.308 e. The number of carbonyl (C=O) groups is 3. The molecule has 45 heavy (non-hydrogen) atoms. The highest BCUT2D eigenvalue weighted by atomic mass is 32.2. The van der Waals surface area contributed by atoms with Crippen LogP contribution in [0.1, 0.15) is 21.9 Å². The number of rotatable bonds is 6. The van der Waals surface area contributed by atoms with E-state index < -0.39 is 17.1 Å². The lowest BCUT2D eigenvalue weighted by molar-refractivity contribution is -0.122. The number of aromatic nitrogens is 1. The van der Waals surface area contributed by atoms with Crippen molar-refractivity contribution in [3.63, 3.8) is 0 Å². The average molecular weight is 635 g/mol. The number of imide groups is 1. The third-order valence-corrected chi connectivity index (χ3v) is 11.0. The van der Waals surface area contributed by atoms with E-state index in [1.54, 1.807) is 12.1 Å². The van der Waals surface area contributed by atoms with E-state index in [0.717, 1.165) is 38.9 Å². The molecule has 0 radical (unpaired) electrons. The number of anilines is 3. The molecule has 1 N–H and O–H groups in total. The molecule has 0 spiro atoms. The van der Waals surface area contributed by atoms with E-state index >= 15 is 0 Å². The number of nitrogens with zero attached hydrogens (tertiary/aromatic N) is 3. The molecule has 2 aliphatic rings. The van der Waals surface area contributed by atoms with E-state index in [-0.39, 0.29) is 29.1 Å². The van der Waals surface area contributed by atoms with Gasteiger partial charge in [0.1, 0.15) is 11.8 Å². The van der Waals surface area contributed by atoms with Gasteiger partial charge in [0.2, 0.25) is 17.7 Å². The van der Waals surface area contributed by atoms with Gasteiger partial charge < -0.3 is 10.2 Å². The minimum absolute atomic E-state index is 0.210. The van der Waals surface area contributed by atoms with Crippen molar-refractivity contribution in [1.82, 2.24) is 4.57 Å². The van der Waals surface area contributed by atoms with Crippen molar-refractivity contribution >= 4 is 68.7 Å². The number of carbonyl (C=O) groups excluding carboxylic acids is 3. The Morgan fingerprint density at radius 2 is 1.58 bits per heavy atom. The summed E-state index contributed by atoms with van der Waals surface area (Å²) in [5, 5.41) is 4.80. The lowest BCUT2D eigenvalue weighted by atomic mass is 9.83. The molecule has 2 aliphatic heterocycles. The van der Waals surface area contributed by atoms with Gasteiger partial charge in [-0.05, 0) is 59.7 Å². The maximum atomic E-state index is 14.1. The minimum Gasteiger partial charge on any atom is -0.378 e. The molecule has 0 bridgehead atoms. The van der Waals surface area contributed by atoms with E-state index in [4.69, 9.17) is 0 Å². The topological polar surface area (TPSA) is 91.7 Å². The Hall–Kier alpha value is -4.67. The zero-order valence-electron chi connectivity index (χ0n) is 24.9. The molecule has 10 heteroatoms. The van der Waals surface area contributed by atoms with E-state index in [1.807, 2.05) is 105 Å². The van der Waals surface area contributed by atoms with Gasteiger partial charge in [0, 0.05) is 36.3 Å². The highest BCUT2D eigenvalue weighted by Crippen LogP contribution is 2.54. The van der Waals surface area contributed by atoms with E-state index in [2.05, 4.69) is 5.32 Å². The van der Waals surface area contributed by atoms with Crippen molar-refractivity contribution in [2.45, 2.75) is 29.7 Å². The van der Waals surface area contributed by atoms with Crippen molar-refractivity contribution in [2.24, 2.45) is 5.92 Å². The average Bonchev–Trinajstić information content (AvgIpc) is 3.47. The largest absolute Gasteiger partial charge is 0.378 e. The number of fused-ring (bicyclic) bond motifs is 3. The highest BCUT2D eigenvalue weighted by Gasteiger charge is 2.56. The summed E-state index contributed by atoms with van der Waals surface area (Å²) >= 11 is 2.26. The lowest BCUT2D eigenvalue weighted by Crippen LogP contribution is -2.33. The van der Waals surface area contributed by atoms with Crippen molar-refractivity contribution in [2.75, 3.05) is 29.2 Å². The molecular weight excluding hydrogens is 605 g/mol. The Morgan fingerprint density at radius 3 is 2.29 bits per heavy atom. The number of thiazole rings is 1. The molecule has 7 rings (SSSR count). The van der Waals surface area contributed by atoms with Crippen molar-refractivity contribution in [3.8, 4) is 0 Å². The molecule has 0 saturated carbocycles. The first kappa shape index (κ1) is 29.1.